The van der Waals surface area contributed by atoms with Gasteiger partial charge in [0.1, 0.15) is 11.8 Å². The number of rotatable bonds is 5. The molecule has 0 bridgehead atoms. The summed E-state index contributed by atoms with van der Waals surface area (Å²) >= 11 is 0. The molecule has 0 radical (unpaired) electrons. The van der Waals surface area contributed by atoms with E-state index in [4.69, 9.17) is 0 Å². The van der Waals surface area contributed by atoms with Gasteiger partial charge in [-0.25, -0.2) is 0 Å². The largest absolute Gasteiger partial charge is 0.507 e. The van der Waals surface area contributed by atoms with Crippen molar-refractivity contribution in [2.75, 3.05) is 23.3 Å². The van der Waals surface area contributed by atoms with Crippen molar-refractivity contribution in [2.45, 2.75) is 24.9 Å². The number of hydrogen-bond acceptors (Lipinski definition) is 6. The van der Waals surface area contributed by atoms with E-state index >= 15 is 8.78 Å². The summed E-state index contributed by atoms with van der Waals surface area (Å²) in [6, 6.07) is 17.4. The molecule has 0 aliphatic carbocycles. The molecule has 3 amide bonds. The van der Waals surface area contributed by atoms with E-state index in [0.29, 0.717) is 5.69 Å². The molecule has 216 valence electrons. The first-order valence-electron chi connectivity index (χ1n) is 13.3. The highest BCUT2D eigenvalue weighted by Crippen LogP contribution is 2.40. The maximum atomic E-state index is 15.2. The summed E-state index contributed by atoms with van der Waals surface area (Å²) in [5, 5.41) is 26.0. The van der Waals surface area contributed by atoms with Crippen molar-refractivity contribution >= 4 is 29.1 Å². The summed E-state index contributed by atoms with van der Waals surface area (Å²) in [6.45, 7) is 1.88. The molecule has 12 heteroatoms. The molecule has 0 spiro atoms. The number of nitriles is 1. The van der Waals surface area contributed by atoms with Crippen LogP contribution in [0.5, 0.6) is 5.75 Å². The normalized spacial score (nSPS) is 17.7. The predicted octanol–water partition coefficient (Wildman–Crippen LogP) is 4.28. The third-order valence-corrected chi connectivity index (χ3v) is 7.84. The summed E-state index contributed by atoms with van der Waals surface area (Å²) in [5.74, 6) is -4.91. The first-order chi connectivity index (χ1) is 20.6. The van der Waals surface area contributed by atoms with Gasteiger partial charge in [-0.1, -0.05) is 42.5 Å². The Kier molecular flexibility index (Phi) is 6.65. The van der Waals surface area contributed by atoms with Crippen LogP contribution in [0.15, 0.2) is 79.0 Å². The second-order valence-electron chi connectivity index (χ2n) is 10.4. The molecular formula is C31H24F2N6O4. The standard InChI is InChI=1S/C31H24F2N6O4/c1-18(40)37-16-25-26(17-37)39-28(24(15-35-39)36-29(42)19-7-12-27(41)20(13-19)14-34)30(43)38(25)23-10-8-22(9-11-23)31(32,33)21-5-3-2-4-6-21/h2-13,15,25-26,41H,16-17H2,1H3,(H,36,42)/t25-,26-/m0/s1. The third-order valence-electron chi connectivity index (χ3n) is 7.84. The Bertz CT molecular complexity index is 1800. The number of fused-ring (bicyclic) bond motifs is 3. The highest BCUT2D eigenvalue weighted by atomic mass is 19.3. The lowest BCUT2D eigenvalue weighted by molar-refractivity contribution is -0.127. The van der Waals surface area contributed by atoms with Gasteiger partial charge in [-0.3, -0.25) is 24.0 Å². The summed E-state index contributed by atoms with van der Waals surface area (Å²) in [4.78, 5) is 42.5. The van der Waals surface area contributed by atoms with Crippen LogP contribution in [0.1, 0.15) is 50.5 Å². The summed E-state index contributed by atoms with van der Waals surface area (Å²) in [7, 11) is 0. The molecule has 1 aromatic heterocycles. The van der Waals surface area contributed by atoms with Crippen LogP contribution < -0.4 is 10.2 Å². The van der Waals surface area contributed by atoms with Crippen LogP contribution in [0.3, 0.4) is 0 Å². The highest BCUT2D eigenvalue weighted by molar-refractivity contribution is 6.13. The topological polar surface area (TPSA) is 132 Å². The first-order valence-corrected chi connectivity index (χ1v) is 13.3. The zero-order chi connectivity index (χ0) is 30.5. The molecule has 6 rings (SSSR count). The van der Waals surface area contributed by atoms with E-state index < -0.39 is 29.8 Å². The molecule has 2 aliphatic heterocycles. The maximum Gasteiger partial charge on any atom is 0.298 e. The highest BCUT2D eigenvalue weighted by Gasteiger charge is 2.48. The zero-order valence-corrected chi connectivity index (χ0v) is 22.7. The number of aromatic nitrogens is 2. The van der Waals surface area contributed by atoms with Gasteiger partial charge in [0.25, 0.3) is 17.7 Å². The fourth-order valence-corrected chi connectivity index (χ4v) is 5.62. The van der Waals surface area contributed by atoms with Crippen LogP contribution in [0, 0.1) is 11.3 Å². The minimum atomic E-state index is -3.26. The SMILES string of the molecule is CC(=O)N1C[C@H]2[C@H](C1)n1ncc(NC(=O)c3ccc(O)c(C#N)c3)c1C(=O)N2c1ccc(C(F)(F)c2ccccc2)cc1. The monoisotopic (exact) mass is 582 g/mol. The molecule has 4 aromatic rings. The molecule has 3 aromatic carbocycles. The summed E-state index contributed by atoms with van der Waals surface area (Å²) < 4.78 is 31.9. The van der Waals surface area contributed by atoms with E-state index in [0.717, 1.165) is 0 Å². The van der Waals surface area contributed by atoms with Gasteiger partial charge in [0.15, 0.2) is 5.69 Å². The van der Waals surface area contributed by atoms with E-state index in [-0.39, 0.29) is 58.4 Å². The minimum absolute atomic E-state index is 0.0537. The van der Waals surface area contributed by atoms with Crippen LogP contribution in [-0.4, -0.2) is 56.6 Å². The molecule has 0 saturated carbocycles. The zero-order valence-electron chi connectivity index (χ0n) is 22.7. The number of likely N-dealkylation sites (tertiary alicyclic amines) is 1. The number of aromatic hydroxyl groups is 1. The fraction of sp³-hybridized carbons (Fsp3) is 0.194. The smallest absolute Gasteiger partial charge is 0.298 e. The van der Waals surface area contributed by atoms with E-state index in [1.54, 1.807) is 17.0 Å². The third kappa shape index (κ3) is 4.64. The minimum Gasteiger partial charge on any atom is -0.507 e. The number of phenols is 1. The molecular weight excluding hydrogens is 558 g/mol. The number of hydrogen-bond donors (Lipinski definition) is 2. The van der Waals surface area contributed by atoms with E-state index in [9.17, 15) is 24.8 Å². The van der Waals surface area contributed by atoms with E-state index in [1.165, 1.54) is 89.4 Å². The Labute approximate surface area is 244 Å². The van der Waals surface area contributed by atoms with Gasteiger partial charge in [0.2, 0.25) is 5.91 Å². The molecule has 2 atom stereocenters. The molecule has 3 heterocycles. The van der Waals surface area contributed by atoms with Crippen molar-refractivity contribution in [1.29, 1.82) is 5.26 Å². The average Bonchev–Trinajstić information content (AvgIpc) is 3.63. The number of carbonyl (C=O) groups excluding carboxylic acids is 3. The van der Waals surface area contributed by atoms with Gasteiger partial charge in [-0.2, -0.15) is 19.1 Å². The quantitative estimate of drug-likeness (QED) is 0.361. The second-order valence-corrected chi connectivity index (χ2v) is 10.4. The van der Waals surface area contributed by atoms with Gasteiger partial charge >= 0.3 is 0 Å². The van der Waals surface area contributed by atoms with Crippen LogP contribution in [0.25, 0.3) is 0 Å². The van der Waals surface area contributed by atoms with Crippen molar-refractivity contribution < 1.29 is 28.3 Å². The number of benzene rings is 3. The second kappa shape index (κ2) is 10.4. The molecule has 1 saturated heterocycles. The van der Waals surface area contributed by atoms with Gasteiger partial charge in [-0.15, -0.1) is 0 Å². The molecule has 2 N–H and O–H groups in total. The Morgan fingerprint density at radius 1 is 1.02 bits per heavy atom. The Morgan fingerprint density at radius 2 is 1.70 bits per heavy atom. The number of anilines is 2. The number of nitrogens with zero attached hydrogens (tertiary/aromatic N) is 5. The van der Waals surface area contributed by atoms with E-state index in [1.807, 2.05) is 0 Å². The summed E-state index contributed by atoms with van der Waals surface area (Å²) in [5.41, 5.74) is 0.0714. The van der Waals surface area contributed by atoms with Crippen LogP contribution in [-0.2, 0) is 10.7 Å². The Morgan fingerprint density at radius 3 is 2.37 bits per heavy atom. The molecule has 0 unspecified atom stereocenters. The lowest BCUT2D eigenvalue weighted by Gasteiger charge is -2.37. The Balaban J connectivity index is 1.36. The van der Waals surface area contributed by atoms with Crippen molar-refractivity contribution in [2.24, 2.45) is 0 Å². The Hall–Kier alpha value is -5.57. The van der Waals surface area contributed by atoms with Crippen molar-refractivity contribution in [3.8, 4) is 11.8 Å². The van der Waals surface area contributed by atoms with Crippen LogP contribution in [0.2, 0.25) is 0 Å². The summed E-state index contributed by atoms with van der Waals surface area (Å²) in [6.07, 6.45) is 1.33. The van der Waals surface area contributed by atoms with Crippen LogP contribution in [0.4, 0.5) is 20.2 Å². The molecule has 2 aliphatic rings. The predicted molar refractivity (Wildman–Crippen MR) is 151 cm³/mol. The van der Waals surface area contributed by atoms with Crippen molar-refractivity contribution in [3.05, 3.63) is 107 Å². The van der Waals surface area contributed by atoms with E-state index in [2.05, 4.69) is 10.4 Å². The lowest BCUT2D eigenvalue weighted by atomic mass is 9.99. The van der Waals surface area contributed by atoms with Gasteiger partial charge in [0, 0.05) is 42.4 Å². The first kappa shape index (κ1) is 27.6. The van der Waals surface area contributed by atoms with Crippen LogP contribution >= 0.6 is 0 Å². The fourth-order valence-electron chi connectivity index (χ4n) is 5.62. The van der Waals surface area contributed by atoms with Gasteiger partial charge < -0.3 is 15.3 Å². The number of alkyl halides is 2. The molecule has 43 heavy (non-hydrogen) atoms. The maximum absolute atomic E-state index is 15.2. The van der Waals surface area contributed by atoms with Crippen molar-refractivity contribution in [3.63, 3.8) is 0 Å². The molecule has 10 nitrogen and oxygen atoms in total. The number of phenolic OH excluding ortho intramolecular Hbond substituents is 1. The lowest BCUT2D eigenvalue weighted by Crippen LogP contribution is -2.51. The molecule has 1 fully saturated rings. The number of halogens is 2. The number of carbonyl (C=O) groups is 3. The number of nitrogens with one attached hydrogen (secondary N) is 1. The van der Waals surface area contributed by atoms with Crippen molar-refractivity contribution in [1.82, 2.24) is 14.7 Å². The van der Waals surface area contributed by atoms with Gasteiger partial charge in [0.05, 0.1) is 29.5 Å². The number of amides is 3. The van der Waals surface area contributed by atoms with Gasteiger partial charge in [-0.05, 0) is 30.3 Å². The average molecular weight is 583 g/mol.